The van der Waals surface area contributed by atoms with E-state index in [-0.39, 0.29) is 12.5 Å². The van der Waals surface area contributed by atoms with Gasteiger partial charge in [0.15, 0.2) is 0 Å². The van der Waals surface area contributed by atoms with Gasteiger partial charge in [-0.15, -0.1) is 0 Å². The number of amides is 1. The summed E-state index contributed by atoms with van der Waals surface area (Å²) in [4.78, 5) is 24.5. The lowest BCUT2D eigenvalue weighted by molar-refractivity contribution is -0.000298. The lowest BCUT2D eigenvalue weighted by Gasteiger charge is -2.41. The molecule has 8 heteroatoms. The highest BCUT2D eigenvalue weighted by molar-refractivity contribution is 5.93. The molecule has 0 bridgehead atoms. The quantitative estimate of drug-likeness (QED) is 0.868. The van der Waals surface area contributed by atoms with Crippen molar-refractivity contribution in [2.75, 3.05) is 31.6 Å². The first kappa shape index (κ1) is 16.4. The van der Waals surface area contributed by atoms with Crippen LogP contribution in [0.1, 0.15) is 23.2 Å². The second-order valence-corrected chi connectivity index (χ2v) is 6.36. The van der Waals surface area contributed by atoms with E-state index >= 15 is 0 Å². The predicted octanol–water partition coefficient (Wildman–Crippen LogP) is 0.314. The Morgan fingerprint density at radius 3 is 2.83 bits per heavy atom. The smallest absolute Gasteiger partial charge is 0.256 e. The lowest BCUT2D eigenvalue weighted by Crippen LogP contribution is -2.55. The number of aryl methyl sites for hydroxylation is 1. The molecule has 1 atom stereocenters. The molecule has 0 aliphatic carbocycles. The molecule has 3 rings (SSSR count). The summed E-state index contributed by atoms with van der Waals surface area (Å²) in [6.07, 6.45) is 8.05. The van der Waals surface area contributed by atoms with E-state index in [1.165, 1.54) is 6.20 Å². The summed E-state index contributed by atoms with van der Waals surface area (Å²) < 4.78 is 1.59. The van der Waals surface area contributed by atoms with Gasteiger partial charge in [-0.2, -0.15) is 5.10 Å². The van der Waals surface area contributed by atoms with Crippen molar-refractivity contribution < 1.29 is 9.90 Å². The van der Waals surface area contributed by atoms with Crippen molar-refractivity contribution in [2.45, 2.75) is 18.4 Å². The molecule has 1 unspecified atom stereocenters. The monoisotopic (exact) mass is 330 g/mol. The molecule has 1 aliphatic heterocycles. The SMILES string of the molecule is CN(CC1(O)CCCN(c2ncccn2)C1)C(=O)c1cnn(C)c1. The molecular formula is C16H22N6O2. The van der Waals surface area contributed by atoms with Gasteiger partial charge in [0.1, 0.15) is 0 Å². The average Bonchev–Trinajstić information content (AvgIpc) is 3.01. The van der Waals surface area contributed by atoms with Gasteiger partial charge in [-0.1, -0.05) is 0 Å². The van der Waals surface area contributed by atoms with Crippen molar-refractivity contribution in [3.05, 3.63) is 36.4 Å². The Bertz CT molecular complexity index is 704. The summed E-state index contributed by atoms with van der Waals surface area (Å²) in [6.45, 7) is 1.46. The van der Waals surface area contributed by atoms with Gasteiger partial charge in [0, 0.05) is 39.2 Å². The van der Waals surface area contributed by atoms with Crippen molar-refractivity contribution in [3.63, 3.8) is 0 Å². The minimum atomic E-state index is -0.982. The second kappa shape index (κ2) is 6.56. The van der Waals surface area contributed by atoms with E-state index in [2.05, 4.69) is 15.1 Å². The number of carbonyl (C=O) groups excluding carboxylic acids is 1. The minimum Gasteiger partial charge on any atom is -0.386 e. The van der Waals surface area contributed by atoms with E-state index in [0.29, 0.717) is 24.5 Å². The zero-order valence-corrected chi connectivity index (χ0v) is 14.0. The number of hydrogen-bond donors (Lipinski definition) is 1. The number of rotatable bonds is 4. The van der Waals surface area contributed by atoms with Crippen LogP contribution in [0, 0.1) is 0 Å². The molecule has 1 saturated heterocycles. The van der Waals surface area contributed by atoms with E-state index < -0.39 is 5.60 Å². The Morgan fingerprint density at radius 1 is 1.42 bits per heavy atom. The summed E-state index contributed by atoms with van der Waals surface area (Å²) >= 11 is 0. The topological polar surface area (TPSA) is 87.4 Å². The fraction of sp³-hybridized carbons (Fsp3) is 0.500. The number of likely N-dealkylation sites (N-methyl/N-ethyl adjacent to an activating group) is 1. The highest BCUT2D eigenvalue weighted by Gasteiger charge is 2.36. The fourth-order valence-electron chi connectivity index (χ4n) is 3.13. The van der Waals surface area contributed by atoms with Crippen LogP contribution in [0.3, 0.4) is 0 Å². The molecule has 0 aromatic carbocycles. The number of aliphatic hydroxyl groups is 1. The van der Waals surface area contributed by atoms with Crippen molar-refractivity contribution in [1.29, 1.82) is 0 Å². The molecule has 0 radical (unpaired) electrons. The lowest BCUT2D eigenvalue weighted by atomic mass is 9.92. The summed E-state index contributed by atoms with van der Waals surface area (Å²) in [6, 6.07) is 1.76. The van der Waals surface area contributed by atoms with E-state index in [1.54, 1.807) is 48.3 Å². The van der Waals surface area contributed by atoms with E-state index in [1.807, 2.05) is 4.90 Å². The Morgan fingerprint density at radius 2 is 2.17 bits per heavy atom. The summed E-state index contributed by atoms with van der Waals surface area (Å²) in [7, 11) is 3.47. The molecule has 2 aromatic heterocycles. The van der Waals surface area contributed by atoms with Crippen LogP contribution in [0.2, 0.25) is 0 Å². The highest BCUT2D eigenvalue weighted by atomic mass is 16.3. The summed E-state index contributed by atoms with van der Waals surface area (Å²) in [5.41, 5.74) is -0.466. The average molecular weight is 330 g/mol. The van der Waals surface area contributed by atoms with Gasteiger partial charge >= 0.3 is 0 Å². The van der Waals surface area contributed by atoms with E-state index in [0.717, 1.165) is 13.0 Å². The van der Waals surface area contributed by atoms with Gasteiger partial charge in [0.25, 0.3) is 5.91 Å². The number of hydrogen-bond acceptors (Lipinski definition) is 6. The predicted molar refractivity (Wildman–Crippen MR) is 88.6 cm³/mol. The van der Waals surface area contributed by atoms with Crippen molar-refractivity contribution >= 4 is 11.9 Å². The Labute approximate surface area is 140 Å². The van der Waals surface area contributed by atoms with Crippen LogP contribution in [0.15, 0.2) is 30.9 Å². The minimum absolute atomic E-state index is 0.149. The third kappa shape index (κ3) is 3.53. The van der Waals surface area contributed by atoms with Gasteiger partial charge < -0.3 is 14.9 Å². The summed E-state index contributed by atoms with van der Waals surface area (Å²) in [5.74, 6) is 0.460. The summed E-state index contributed by atoms with van der Waals surface area (Å²) in [5, 5.41) is 15.0. The van der Waals surface area contributed by atoms with Crippen LogP contribution in [0.5, 0.6) is 0 Å². The molecule has 1 aliphatic rings. The first-order valence-electron chi connectivity index (χ1n) is 7.95. The van der Waals surface area contributed by atoms with Crippen molar-refractivity contribution in [3.8, 4) is 0 Å². The molecule has 8 nitrogen and oxygen atoms in total. The Balaban J connectivity index is 1.67. The first-order chi connectivity index (χ1) is 11.5. The third-order valence-corrected chi connectivity index (χ3v) is 4.22. The van der Waals surface area contributed by atoms with Crippen molar-refractivity contribution in [1.82, 2.24) is 24.6 Å². The maximum atomic E-state index is 12.4. The van der Waals surface area contributed by atoms with Crippen LogP contribution in [-0.2, 0) is 7.05 Å². The zero-order chi connectivity index (χ0) is 17.2. The molecular weight excluding hydrogens is 308 g/mol. The van der Waals surface area contributed by atoms with Crippen molar-refractivity contribution in [2.24, 2.45) is 7.05 Å². The van der Waals surface area contributed by atoms with Gasteiger partial charge in [-0.25, -0.2) is 9.97 Å². The largest absolute Gasteiger partial charge is 0.386 e. The number of aromatic nitrogens is 4. The van der Waals surface area contributed by atoms with Crippen LogP contribution in [-0.4, -0.2) is 67.9 Å². The standard InChI is InChI=1S/C16H22N6O2/c1-20(14(23)13-9-19-21(2)10-13)11-16(24)5-3-8-22(12-16)15-17-6-4-7-18-15/h4,6-7,9-10,24H,3,5,8,11-12H2,1-2H3. The van der Waals surface area contributed by atoms with Crippen LogP contribution in [0.4, 0.5) is 5.95 Å². The fourth-order valence-corrected chi connectivity index (χ4v) is 3.13. The maximum Gasteiger partial charge on any atom is 0.256 e. The molecule has 2 aromatic rings. The molecule has 1 N–H and O–H groups in total. The normalized spacial score (nSPS) is 20.9. The van der Waals surface area contributed by atoms with Crippen LogP contribution in [0.25, 0.3) is 0 Å². The molecule has 1 fully saturated rings. The Hall–Kier alpha value is -2.48. The Kier molecular flexibility index (Phi) is 4.48. The molecule has 128 valence electrons. The van der Waals surface area contributed by atoms with E-state index in [9.17, 15) is 9.90 Å². The number of carbonyl (C=O) groups is 1. The highest BCUT2D eigenvalue weighted by Crippen LogP contribution is 2.25. The van der Waals surface area contributed by atoms with Crippen LogP contribution < -0.4 is 4.90 Å². The first-order valence-corrected chi connectivity index (χ1v) is 7.95. The number of nitrogens with zero attached hydrogens (tertiary/aromatic N) is 6. The van der Waals surface area contributed by atoms with Gasteiger partial charge in [-0.05, 0) is 18.9 Å². The molecule has 0 spiro atoms. The van der Waals surface area contributed by atoms with Gasteiger partial charge in [0.2, 0.25) is 5.95 Å². The number of anilines is 1. The molecule has 0 saturated carbocycles. The van der Waals surface area contributed by atoms with Gasteiger partial charge in [-0.3, -0.25) is 9.48 Å². The molecule has 1 amide bonds. The second-order valence-electron chi connectivity index (χ2n) is 6.36. The van der Waals surface area contributed by atoms with Crippen LogP contribution >= 0.6 is 0 Å². The number of β-amino-alcohol motifs (C(OH)–C–C–N with tert-alkyl or cyclic N) is 1. The molecule has 3 heterocycles. The van der Waals surface area contributed by atoms with Gasteiger partial charge in [0.05, 0.1) is 30.5 Å². The molecule has 24 heavy (non-hydrogen) atoms. The zero-order valence-electron chi connectivity index (χ0n) is 14.0. The van der Waals surface area contributed by atoms with E-state index in [4.69, 9.17) is 0 Å². The number of piperidine rings is 1. The third-order valence-electron chi connectivity index (χ3n) is 4.22. The maximum absolute atomic E-state index is 12.4.